The fraction of sp³-hybridized carbons (Fsp3) is 0.556. The molecule has 0 amide bonds. The molecule has 14 heavy (non-hydrogen) atoms. The van der Waals surface area contributed by atoms with Crippen molar-refractivity contribution >= 4 is 17.4 Å². The summed E-state index contributed by atoms with van der Waals surface area (Å²) in [6.07, 6.45) is 3.19. The molecule has 1 aromatic rings. The summed E-state index contributed by atoms with van der Waals surface area (Å²) in [6, 6.07) is 2.37. The van der Waals surface area contributed by atoms with E-state index in [2.05, 4.69) is 14.9 Å². The van der Waals surface area contributed by atoms with Crippen LogP contribution < -0.4 is 4.90 Å². The molecule has 2 aliphatic heterocycles. The van der Waals surface area contributed by atoms with Crippen molar-refractivity contribution in [3.63, 3.8) is 0 Å². The maximum atomic E-state index is 5.75. The van der Waals surface area contributed by atoms with Crippen LogP contribution in [-0.4, -0.2) is 35.3 Å². The Labute approximate surface area is 86.9 Å². The number of anilines is 1. The van der Waals surface area contributed by atoms with Gasteiger partial charge in [-0.25, -0.2) is 9.97 Å². The van der Waals surface area contributed by atoms with Gasteiger partial charge in [-0.15, -0.1) is 0 Å². The van der Waals surface area contributed by atoms with Crippen molar-refractivity contribution in [2.45, 2.75) is 18.6 Å². The molecular weight excluding hydrogens is 202 g/mol. The van der Waals surface area contributed by atoms with Crippen LogP contribution in [0, 0.1) is 0 Å². The summed E-state index contributed by atoms with van der Waals surface area (Å²) in [5.41, 5.74) is 0. The lowest BCUT2D eigenvalue weighted by molar-refractivity contribution is 0.0989. The van der Waals surface area contributed by atoms with Crippen molar-refractivity contribution < 1.29 is 4.74 Å². The van der Waals surface area contributed by atoms with E-state index in [9.17, 15) is 0 Å². The van der Waals surface area contributed by atoms with Crippen LogP contribution in [0.5, 0.6) is 0 Å². The summed E-state index contributed by atoms with van der Waals surface area (Å²) < 4.78 is 5.52. The Morgan fingerprint density at radius 2 is 2.50 bits per heavy atom. The second-order valence-corrected chi connectivity index (χ2v) is 4.02. The van der Waals surface area contributed by atoms with Gasteiger partial charge in [0.1, 0.15) is 5.82 Å². The summed E-state index contributed by atoms with van der Waals surface area (Å²) in [6.45, 7) is 1.74. The van der Waals surface area contributed by atoms with Crippen molar-refractivity contribution in [3.8, 4) is 0 Å². The smallest absolute Gasteiger partial charge is 0.224 e. The van der Waals surface area contributed by atoms with Gasteiger partial charge in [0.15, 0.2) is 0 Å². The highest BCUT2D eigenvalue weighted by molar-refractivity contribution is 6.28. The van der Waals surface area contributed by atoms with Crippen molar-refractivity contribution in [2.75, 3.05) is 18.1 Å². The molecule has 2 fully saturated rings. The van der Waals surface area contributed by atoms with Gasteiger partial charge in [0, 0.05) is 12.7 Å². The Bertz CT molecular complexity index is 360. The van der Waals surface area contributed by atoms with Gasteiger partial charge in [0.05, 0.1) is 18.8 Å². The van der Waals surface area contributed by atoms with Crippen LogP contribution in [0.3, 0.4) is 0 Å². The Hall–Kier alpha value is -0.870. The lowest BCUT2D eigenvalue weighted by atomic mass is 10.2. The van der Waals surface area contributed by atoms with E-state index in [-0.39, 0.29) is 0 Å². The molecule has 1 aromatic heterocycles. The molecule has 2 unspecified atom stereocenters. The van der Waals surface area contributed by atoms with Gasteiger partial charge in [-0.05, 0) is 24.1 Å². The zero-order chi connectivity index (χ0) is 9.54. The second-order valence-electron chi connectivity index (χ2n) is 3.68. The summed E-state index contributed by atoms with van der Waals surface area (Å²) in [5.74, 6) is 0.917. The molecule has 0 radical (unpaired) electrons. The first kappa shape index (κ1) is 8.44. The highest BCUT2D eigenvalue weighted by Crippen LogP contribution is 2.31. The molecule has 2 aliphatic rings. The zero-order valence-corrected chi connectivity index (χ0v) is 8.31. The predicted molar refractivity (Wildman–Crippen MR) is 52.5 cm³/mol. The van der Waals surface area contributed by atoms with E-state index in [0.717, 1.165) is 25.4 Å². The van der Waals surface area contributed by atoms with Crippen molar-refractivity contribution in [1.29, 1.82) is 0 Å². The van der Waals surface area contributed by atoms with E-state index >= 15 is 0 Å². The number of hydrogen-bond acceptors (Lipinski definition) is 4. The van der Waals surface area contributed by atoms with Crippen LogP contribution in [0.25, 0.3) is 0 Å². The Balaban J connectivity index is 1.89. The fourth-order valence-electron chi connectivity index (χ4n) is 2.17. The number of nitrogens with zero attached hydrogens (tertiary/aromatic N) is 3. The Morgan fingerprint density at radius 1 is 1.57 bits per heavy atom. The maximum Gasteiger partial charge on any atom is 0.224 e. The molecule has 4 nitrogen and oxygen atoms in total. The fourth-order valence-corrected chi connectivity index (χ4v) is 2.31. The third kappa shape index (κ3) is 1.26. The summed E-state index contributed by atoms with van der Waals surface area (Å²) in [7, 11) is 0. The highest BCUT2D eigenvalue weighted by Gasteiger charge is 2.39. The SMILES string of the molecule is Clc1nccc(N2CC3CC2CO3)n1. The van der Waals surface area contributed by atoms with Gasteiger partial charge in [0.2, 0.25) is 5.28 Å². The molecule has 0 saturated carbocycles. The molecule has 2 bridgehead atoms. The second kappa shape index (κ2) is 3.07. The molecule has 0 spiro atoms. The summed E-state index contributed by atoms with van der Waals surface area (Å²) in [5, 5.41) is 0.311. The molecule has 0 aromatic carbocycles. The molecule has 3 heterocycles. The number of ether oxygens (including phenoxy) is 1. The molecule has 2 atom stereocenters. The molecule has 3 rings (SSSR count). The van der Waals surface area contributed by atoms with E-state index in [0.29, 0.717) is 17.4 Å². The first-order valence-electron chi connectivity index (χ1n) is 4.70. The number of halogens is 1. The van der Waals surface area contributed by atoms with Gasteiger partial charge in [-0.1, -0.05) is 0 Å². The average Bonchev–Trinajstić information content (AvgIpc) is 2.78. The van der Waals surface area contributed by atoms with Crippen LogP contribution in [0.4, 0.5) is 5.82 Å². The third-order valence-corrected chi connectivity index (χ3v) is 2.99. The van der Waals surface area contributed by atoms with Crippen LogP contribution >= 0.6 is 11.6 Å². The van der Waals surface area contributed by atoms with Gasteiger partial charge < -0.3 is 9.64 Å². The topological polar surface area (TPSA) is 38.2 Å². The number of rotatable bonds is 1. The largest absolute Gasteiger partial charge is 0.374 e. The van der Waals surface area contributed by atoms with Crippen molar-refractivity contribution in [1.82, 2.24) is 9.97 Å². The number of morpholine rings is 1. The lowest BCUT2D eigenvalue weighted by Crippen LogP contribution is -2.37. The van der Waals surface area contributed by atoms with Gasteiger partial charge >= 0.3 is 0 Å². The average molecular weight is 212 g/mol. The summed E-state index contributed by atoms with van der Waals surface area (Å²) >= 11 is 5.75. The van der Waals surface area contributed by atoms with E-state index in [1.165, 1.54) is 0 Å². The molecule has 74 valence electrons. The van der Waals surface area contributed by atoms with E-state index in [4.69, 9.17) is 16.3 Å². The Kier molecular flexibility index (Phi) is 1.85. The minimum Gasteiger partial charge on any atom is -0.374 e. The van der Waals surface area contributed by atoms with Crippen LogP contribution in [0.15, 0.2) is 12.3 Å². The molecule has 0 aliphatic carbocycles. The maximum absolute atomic E-state index is 5.75. The van der Waals surface area contributed by atoms with E-state index in [1.807, 2.05) is 6.07 Å². The lowest BCUT2D eigenvalue weighted by Gasteiger charge is -2.27. The number of fused-ring (bicyclic) bond motifs is 2. The predicted octanol–water partition coefficient (Wildman–Crippen LogP) is 1.11. The monoisotopic (exact) mass is 211 g/mol. The highest BCUT2D eigenvalue weighted by atomic mass is 35.5. The van der Waals surface area contributed by atoms with Crippen LogP contribution in [0.1, 0.15) is 6.42 Å². The molecule has 5 heteroatoms. The van der Waals surface area contributed by atoms with Gasteiger partial charge in [-0.3, -0.25) is 0 Å². The quantitative estimate of drug-likeness (QED) is 0.653. The molecular formula is C9H10ClN3O. The van der Waals surface area contributed by atoms with E-state index < -0.39 is 0 Å². The normalized spacial score (nSPS) is 29.9. The van der Waals surface area contributed by atoms with Crippen molar-refractivity contribution in [2.24, 2.45) is 0 Å². The van der Waals surface area contributed by atoms with Crippen molar-refractivity contribution in [3.05, 3.63) is 17.5 Å². The molecule has 0 N–H and O–H groups in total. The zero-order valence-electron chi connectivity index (χ0n) is 7.56. The van der Waals surface area contributed by atoms with E-state index in [1.54, 1.807) is 6.20 Å². The van der Waals surface area contributed by atoms with Gasteiger partial charge in [-0.2, -0.15) is 0 Å². The summed E-state index contributed by atoms with van der Waals surface area (Å²) in [4.78, 5) is 10.3. The van der Waals surface area contributed by atoms with Gasteiger partial charge in [0.25, 0.3) is 0 Å². The van der Waals surface area contributed by atoms with Crippen LogP contribution in [-0.2, 0) is 4.74 Å². The Morgan fingerprint density at radius 3 is 3.14 bits per heavy atom. The third-order valence-electron chi connectivity index (χ3n) is 2.81. The standard InChI is InChI=1S/C9H10ClN3O/c10-9-11-2-1-8(12-9)13-4-7-3-6(13)5-14-7/h1-2,6-7H,3-5H2. The number of aromatic nitrogens is 2. The number of hydrogen-bond donors (Lipinski definition) is 0. The van der Waals surface area contributed by atoms with Crippen LogP contribution in [0.2, 0.25) is 5.28 Å². The first-order valence-corrected chi connectivity index (χ1v) is 5.07. The molecule has 2 saturated heterocycles. The minimum atomic E-state index is 0.311. The minimum absolute atomic E-state index is 0.311. The first-order chi connectivity index (χ1) is 6.83.